The number of non-ortho nitro benzene ring substituents is 1. The fraction of sp³-hybridized carbons (Fsp3) is 0.438. The number of nitrogens with one attached hydrogen (secondary N) is 2. The zero-order chi connectivity index (χ0) is 18.4. The molecule has 1 fully saturated rings. The number of nitrogens with zero attached hydrogens (tertiary/aromatic N) is 5. The lowest BCUT2D eigenvalue weighted by atomic mass is 10.3. The van der Waals surface area contributed by atoms with E-state index in [4.69, 9.17) is 0 Å². The number of aromatic nitrogens is 3. The standard InChI is InChI=1S/C16H21N7O3/c24-16(18-5-2-8-21-9-6-17-7-10-21)15-12-22(20-19-15)13-3-1-4-14(11-13)23(25)26/h1,3-4,11-12,17H,2,5-10H2,(H,18,24). The first-order chi connectivity index (χ1) is 12.6. The maximum Gasteiger partial charge on any atom is 0.273 e. The summed E-state index contributed by atoms with van der Waals surface area (Å²) in [6.45, 7) is 5.59. The Bertz CT molecular complexity index is 771. The summed E-state index contributed by atoms with van der Waals surface area (Å²) in [6, 6.07) is 6.00. The van der Waals surface area contributed by atoms with Crippen molar-refractivity contribution in [3.05, 3.63) is 46.3 Å². The van der Waals surface area contributed by atoms with Gasteiger partial charge in [0.2, 0.25) is 0 Å². The lowest BCUT2D eigenvalue weighted by molar-refractivity contribution is -0.384. The van der Waals surface area contributed by atoms with E-state index >= 15 is 0 Å². The Morgan fingerprint density at radius 1 is 1.35 bits per heavy atom. The smallest absolute Gasteiger partial charge is 0.273 e. The van der Waals surface area contributed by atoms with Crippen molar-refractivity contribution in [2.24, 2.45) is 0 Å². The molecule has 10 nitrogen and oxygen atoms in total. The van der Waals surface area contributed by atoms with Crippen LogP contribution in [0.1, 0.15) is 16.9 Å². The van der Waals surface area contributed by atoms with Crippen LogP contribution in [0.5, 0.6) is 0 Å². The van der Waals surface area contributed by atoms with E-state index in [1.165, 1.54) is 23.0 Å². The Balaban J connectivity index is 1.51. The van der Waals surface area contributed by atoms with Crippen molar-refractivity contribution >= 4 is 11.6 Å². The van der Waals surface area contributed by atoms with E-state index in [0.717, 1.165) is 39.1 Å². The fourth-order valence-corrected chi connectivity index (χ4v) is 2.77. The summed E-state index contributed by atoms with van der Waals surface area (Å²) in [5, 5.41) is 24.7. The molecule has 2 heterocycles. The number of nitro groups is 1. The number of benzene rings is 1. The topological polar surface area (TPSA) is 118 Å². The van der Waals surface area contributed by atoms with E-state index in [2.05, 4.69) is 25.8 Å². The predicted octanol–water partition coefficient (Wildman–Crippen LogP) is 0.201. The summed E-state index contributed by atoms with van der Waals surface area (Å²) in [5.74, 6) is -0.304. The van der Waals surface area contributed by atoms with Crippen LogP contribution in [0.4, 0.5) is 5.69 Å². The molecular formula is C16H21N7O3. The molecule has 0 atom stereocenters. The lowest BCUT2D eigenvalue weighted by Gasteiger charge is -2.26. The number of carbonyl (C=O) groups is 1. The Morgan fingerprint density at radius 3 is 2.92 bits per heavy atom. The molecular weight excluding hydrogens is 338 g/mol. The van der Waals surface area contributed by atoms with Gasteiger partial charge in [-0.1, -0.05) is 11.3 Å². The van der Waals surface area contributed by atoms with E-state index in [-0.39, 0.29) is 17.3 Å². The summed E-state index contributed by atoms with van der Waals surface area (Å²) in [6.07, 6.45) is 2.33. The molecule has 0 bridgehead atoms. The number of hydrogen-bond acceptors (Lipinski definition) is 7. The van der Waals surface area contributed by atoms with E-state index in [0.29, 0.717) is 12.2 Å². The van der Waals surface area contributed by atoms with Crippen LogP contribution in [0.25, 0.3) is 5.69 Å². The van der Waals surface area contributed by atoms with Crippen molar-refractivity contribution in [3.63, 3.8) is 0 Å². The predicted molar refractivity (Wildman–Crippen MR) is 94.3 cm³/mol. The Morgan fingerprint density at radius 2 is 2.15 bits per heavy atom. The molecule has 138 valence electrons. The van der Waals surface area contributed by atoms with Crippen molar-refractivity contribution in [1.29, 1.82) is 0 Å². The molecule has 0 unspecified atom stereocenters. The molecule has 1 aliphatic rings. The fourth-order valence-electron chi connectivity index (χ4n) is 2.77. The van der Waals surface area contributed by atoms with Crippen LogP contribution in [-0.4, -0.2) is 70.0 Å². The normalized spacial score (nSPS) is 14.9. The van der Waals surface area contributed by atoms with Crippen molar-refractivity contribution in [2.45, 2.75) is 6.42 Å². The summed E-state index contributed by atoms with van der Waals surface area (Å²) in [4.78, 5) is 24.9. The van der Waals surface area contributed by atoms with E-state index < -0.39 is 4.92 Å². The van der Waals surface area contributed by atoms with Crippen molar-refractivity contribution in [1.82, 2.24) is 30.5 Å². The van der Waals surface area contributed by atoms with Crippen molar-refractivity contribution in [3.8, 4) is 5.69 Å². The van der Waals surface area contributed by atoms with Crippen molar-refractivity contribution < 1.29 is 9.72 Å². The van der Waals surface area contributed by atoms with E-state index in [1.54, 1.807) is 12.1 Å². The maximum atomic E-state index is 12.2. The van der Waals surface area contributed by atoms with Gasteiger partial charge in [0.1, 0.15) is 0 Å². The number of nitro benzene ring substituents is 1. The molecule has 1 aromatic carbocycles. The Labute approximate surface area is 150 Å². The third kappa shape index (κ3) is 4.61. The summed E-state index contributed by atoms with van der Waals surface area (Å²) < 4.78 is 1.35. The van der Waals surface area contributed by atoms with E-state index in [9.17, 15) is 14.9 Å². The van der Waals surface area contributed by atoms with Gasteiger partial charge >= 0.3 is 0 Å². The van der Waals surface area contributed by atoms with Gasteiger partial charge in [-0.05, 0) is 19.0 Å². The van der Waals surface area contributed by atoms with Crippen molar-refractivity contribution in [2.75, 3.05) is 39.3 Å². The minimum absolute atomic E-state index is 0.0445. The molecule has 0 radical (unpaired) electrons. The quantitative estimate of drug-likeness (QED) is 0.412. The second kappa shape index (κ2) is 8.50. The second-order valence-corrected chi connectivity index (χ2v) is 6.03. The minimum atomic E-state index is -0.480. The highest BCUT2D eigenvalue weighted by Crippen LogP contribution is 2.15. The SMILES string of the molecule is O=C(NCCCN1CCNCC1)c1cn(-c2cccc([N+](=O)[O-])c2)nn1. The highest BCUT2D eigenvalue weighted by Gasteiger charge is 2.14. The monoisotopic (exact) mass is 359 g/mol. The van der Waals surface area contributed by atoms with Gasteiger partial charge in [-0.25, -0.2) is 4.68 Å². The molecule has 3 rings (SSSR count). The van der Waals surface area contributed by atoms with Gasteiger partial charge in [-0.2, -0.15) is 0 Å². The molecule has 10 heteroatoms. The third-order valence-corrected chi connectivity index (χ3v) is 4.18. The van der Waals surface area contributed by atoms with Crippen LogP contribution in [0, 0.1) is 10.1 Å². The maximum absolute atomic E-state index is 12.2. The van der Waals surface area contributed by atoms with Crippen LogP contribution in [0.3, 0.4) is 0 Å². The number of rotatable bonds is 7. The highest BCUT2D eigenvalue weighted by molar-refractivity contribution is 5.91. The first kappa shape index (κ1) is 18.0. The zero-order valence-corrected chi connectivity index (χ0v) is 14.3. The van der Waals surface area contributed by atoms with Crippen LogP contribution in [0.15, 0.2) is 30.5 Å². The second-order valence-electron chi connectivity index (χ2n) is 6.03. The number of amides is 1. The average molecular weight is 359 g/mol. The van der Waals surface area contributed by atoms with Gasteiger partial charge in [0.15, 0.2) is 5.69 Å². The molecule has 2 aromatic rings. The highest BCUT2D eigenvalue weighted by atomic mass is 16.6. The Hall–Kier alpha value is -2.85. The van der Waals surface area contributed by atoms with Gasteiger partial charge in [0, 0.05) is 44.9 Å². The molecule has 0 saturated carbocycles. The van der Waals surface area contributed by atoms with Gasteiger partial charge in [-0.3, -0.25) is 14.9 Å². The molecule has 2 N–H and O–H groups in total. The van der Waals surface area contributed by atoms with Crippen LogP contribution < -0.4 is 10.6 Å². The number of piperazine rings is 1. The van der Waals surface area contributed by atoms with E-state index in [1.807, 2.05) is 0 Å². The molecule has 1 saturated heterocycles. The summed E-state index contributed by atoms with van der Waals surface area (Å²) >= 11 is 0. The van der Waals surface area contributed by atoms with Gasteiger partial charge in [0.25, 0.3) is 11.6 Å². The lowest BCUT2D eigenvalue weighted by Crippen LogP contribution is -2.44. The van der Waals surface area contributed by atoms with Gasteiger partial charge in [-0.15, -0.1) is 5.10 Å². The first-order valence-electron chi connectivity index (χ1n) is 8.52. The number of hydrogen-bond donors (Lipinski definition) is 2. The summed E-state index contributed by atoms with van der Waals surface area (Å²) in [5.41, 5.74) is 0.611. The molecule has 26 heavy (non-hydrogen) atoms. The molecule has 1 aliphatic heterocycles. The number of carbonyl (C=O) groups excluding carboxylic acids is 1. The van der Waals surface area contributed by atoms with Crippen LogP contribution in [-0.2, 0) is 0 Å². The largest absolute Gasteiger partial charge is 0.351 e. The molecule has 1 aromatic heterocycles. The first-order valence-corrected chi connectivity index (χ1v) is 8.52. The third-order valence-electron chi connectivity index (χ3n) is 4.18. The van der Waals surface area contributed by atoms with Gasteiger partial charge in [0.05, 0.1) is 16.8 Å². The molecule has 0 spiro atoms. The van der Waals surface area contributed by atoms with Crippen LogP contribution >= 0.6 is 0 Å². The average Bonchev–Trinajstić information content (AvgIpc) is 3.16. The minimum Gasteiger partial charge on any atom is -0.351 e. The summed E-state index contributed by atoms with van der Waals surface area (Å²) in [7, 11) is 0. The Kier molecular flexibility index (Phi) is 5.87. The van der Waals surface area contributed by atoms with Crippen LogP contribution in [0.2, 0.25) is 0 Å². The molecule has 1 amide bonds. The van der Waals surface area contributed by atoms with Gasteiger partial charge < -0.3 is 15.5 Å². The zero-order valence-electron chi connectivity index (χ0n) is 14.3. The molecule has 0 aliphatic carbocycles.